The summed E-state index contributed by atoms with van der Waals surface area (Å²) in [5.74, 6) is 0.511. The third kappa shape index (κ3) is 2.03. The normalized spacial score (nSPS) is 29.3. The van der Waals surface area contributed by atoms with Crippen LogP contribution in [0.25, 0.3) is 0 Å². The molecular formula is C15H19NO2S. The molecule has 0 aromatic heterocycles. The highest BCUT2D eigenvalue weighted by molar-refractivity contribution is 7.89. The van der Waals surface area contributed by atoms with Crippen LogP contribution in [0.4, 0.5) is 0 Å². The van der Waals surface area contributed by atoms with Crippen molar-refractivity contribution in [1.82, 2.24) is 4.31 Å². The number of hydrogen-bond acceptors (Lipinski definition) is 2. The zero-order valence-electron chi connectivity index (χ0n) is 11.3. The van der Waals surface area contributed by atoms with Crippen molar-refractivity contribution in [3.05, 3.63) is 41.5 Å². The molecule has 1 aromatic carbocycles. The van der Waals surface area contributed by atoms with E-state index in [1.54, 1.807) is 16.4 Å². The third-order valence-corrected chi connectivity index (χ3v) is 6.18. The van der Waals surface area contributed by atoms with Crippen LogP contribution in [0.15, 0.2) is 40.8 Å². The fourth-order valence-electron chi connectivity index (χ4n) is 3.26. The zero-order chi connectivity index (χ0) is 13.6. The average Bonchev–Trinajstić information content (AvgIpc) is 2.98. The topological polar surface area (TPSA) is 37.4 Å². The molecule has 0 N–H and O–H groups in total. The van der Waals surface area contributed by atoms with E-state index < -0.39 is 10.0 Å². The van der Waals surface area contributed by atoms with Gasteiger partial charge in [0, 0.05) is 12.6 Å². The van der Waals surface area contributed by atoms with Crippen LogP contribution in [0, 0.1) is 12.8 Å². The van der Waals surface area contributed by atoms with E-state index in [9.17, 15) is 8.42 Å². The first kappa shape index (κ1) is 12.9. The zero-order valence-corrected chi connectivity index (χ0v) is 12.2. The lowest BCUT2D eigenvalue weighted by atomic mass is 10.1. The summed E-state index contributed by atoms with van der Waals surface area (Å²) in [6.07, 6.45) is 4.15. The quantitative estimate of drug-likeness (QED) is 0.779. The van der Waals surface area contributed by atoms with Crippen molar-refractivity contribution in [2.75, 3.05) is 6.54 Å². The van der Waals surface area contributed by atoms with Gasteiger partial charge < -0.3 is 0 Å². The molecule has 102 valence electrons. The lowest BCUT2D eigenvalue weighted by Crippen LogP contribution is -2.38. The van der Waals surface area contributed by atoms with Gasteiger partial charge in [0.05, 0.1) is 4.90 Å². The molecule has 2 atom stereocenters. The first-order valence-corrected chi connectivity index (χ1v) is 8.20. The van der Waals surface area contributed by atoms with Crippen LogP contribution in [0.3, 0.4) is 0 Å². The number of nitrogens with zero attached hydrogens (tertiary/aromatic N) is 1. The molecule has 2 aliphatic rings. The molecule has 2 fully saturated rings. The van der Waals surface area contributed by atoms with Crippen LogP contribution >= 0.6 is 0 Å². The Hall–Kier alpha value is -1.13. The summed E-state index contributed by atoms with van der Waals surface area (Å²) in [7, 11) is -3.34. The Kier molecular flexibility index (Phi) is 3.02. The van der Waals surface area contributed by atoms with Crippen molar-refractivity contribution < 1.29 is 8.42 Å². The molecule has 1 saturated carbocycles. The predicted molar refractivity (Wildman–Crippen MR) is 75.3 cm³/mol. The molecular weight excluding hydrogens is 258 g/mol. The molecule has 0 amide bonds. The van der Waals surface area contributed by atoms with Gasteiger partial charge in [-0.15, -0.1) is 0 Å². The van der Waals surface area contributed by atoms with Crippen LogP contribution in [-0.2, 0) is 10.0 Å². The van der Waals surface area contributed by atoms with E-state index in [0.29, 0.717) is 17.4 Å². The van der Waals surface area contributed by atoms with Gasteiger partial charge in [-0.05, 0) is 44.7 Å². The van der Waals surface area contributed by atoms with Crippen LogP contribution in [0.1, 0.15) is 25.3 Å². The molecule has 1 aromatic rings. The fraction of sp³-hybridized carbons (Fsp3) is 0.467. The van der Waals surface area contributed by atoms with Crippen molar-refractivity contribution in [1.29, 1.82) is 0 Å². The summed E-state index contributed by atoms with van der Waals surface area (Å²) in [6, 6.07) is 7.24. The molecule has 1 saturated heterocycles. The highest BCUT2D eigenvalue weighted by atomic mass is 32.2. The first-order chi connectivity index (χ1) is 9.02. The number of sulfonamides is 1. The molecule has 0 unspecified atom stereocenters. The molecule has 0 radical (unpaired) electrons. The summed E-state index contributed by atoms with van der Waals surface area (Å²) in [4.78, 5) is 0.418. The Balaban J connectivity index is 1.96. The molecule has 1 aliphatic heterocycles. The number of piperidine rings is 1. The van der Waals surface area contributed by atoms with Gasteiger partial charge in [0.1, 0.15) is 0 Å². The van der Waals surface area contributed by atoms with E-state index in [1.165, 1.54) is 5.57 Å². The van der Waals surface area contributed by atoms with Gasteiger partial charge in [-0.1, -0.05) is 29.3 Å². The third-order valence-electron chi connectivity index (χ3n) is 4.29. The Labute approximate surface area is 115 Å². The standard InChI is InChI=1S/C15H19NO2S/c1-3-13-8-12-9-15(13)16(10-12)19(17,18)14-6-4-11(2)5-7-14/h3-7,12,15H,8-10H2,1-2H3/b13-3-/t12-,15-/m1/s1. The van der Waals surface area contributed by atoms with Gasteiger partial charge in [0.25, 0.3) is 0 Å². The maximum absolute atomic E-state index is 12.7. The first-order valence-electron chi connectivity index (χ1n) is 6.76. The molecule has 1 heterocycles. The van der Waals surface area contributed by atoms with Crippen LogP contribution < -0.4 is 0 Å². The monoisotopic (exact) mass is 277 g/mol. The second kappa shape index (κ2) is 4.46. The highest BCUT2D eigenvalue weighted by Gasteiger charge is 2.46. The second-order valence-electron chi connectivity index (χ2n) is 5.57. The summed E-state index contributed by atoms with van der Waals surface area (Å²) < 4.78 is 27.1. The largest absolute Gasteiger partial charge is 0.243 e. The van der Waals surface area contributed by atoms with E-state index in [0.717, 1.165) is 18.4 Å². The SMILES string of the molecule is C/C=C1/C[C@@H]2C[C@H]1N(S(=O)(=O)c1ccc(C)cc1)C2. The summed E-state index contributed by atoms with van der Waals surface area (Å²) in [6.45, 7) is 4.65. The van der Waals surface area contributed by atoms with Gasteiger partial charge in [-0.25, -0.2) is 8.42 Å². The molecule has 0 spiro atoms. The van der Waals surface area contributed by atoms with Gasteiger partial charge in [0.2, 0.25) is 10.0 Å². The van der Waals surface area contributed by atoms with E-state index in [1.807, 2.05) is 26.0 Å². The number of benzene rings is 1. The van der Waals surface area contributed by atoms with Gasteiger partial charge in [-0.3, -0.25) is 0 Å². The minimum atomic E-state index is -3.34. The Morgan fingerprint density at radius 2 is 1.95 bits per heavy atom. The van der Waals surface area contributed by atoms with E-state index >= 15 is 0 Å². The van der Waals surface area contributed by atoms with Gasteiger partial charge in [0.15, 0.2) is 0 Å². The fourth-order valence-corrected chi connectivity index (χ4v) is 4.98. The predicted octanol–water partition coefficient (Wildman–Crippen LogP) is 2.72. The number of fused-ring (bicyclic) bond motifs is 2. The van der Waals surface area contributed by atoms with Crippen molar-refractivity contribution in [3.8, 4) is 0 Å². The Bertz CT molecular complexity index is 616. The van der Waals surface area contributed by atoms with E-state index in [-0.39, 0.29) is 6.04 Å². The lowest BCUT2D eigenvalue weighted by Gasteiger charge is -2.28. The van der Waals surface area contributed by atoms with Crippen LogP contribution in [-0.4, -0.2) is 25.3 Å². The molecule has 2 bridgehead atoms. The van der Waals surface area contributed by atoms with E-state index in [2.05, 4.69) is 6.08 Å². The summed E-state index contributed by atoms with van der Waals surface area (Å²) in [5.41, 5.74) is 2.36. The van der Waals surface area contributed by atoms with Crippen molar-refractivity contribution in [2.24, 2.45) is 5.92 Å². The van der Waals surface area contributed by atoms with Gasteiger partial charge in [-0.2, -0.15) is 4.31 Å². The summed E-state index contributed by atoms with van der Waals surface area (Å²) >= 11 is 0. The molecule has 4 heteroatoms. The minimum Gasteiger partial charge on any atom is -0.207 e. The van der Waals surface area contributed by atoms with Crippen molar-refractivity contribution in [2.45, 2.75) is 37.6 Å². The maximum Gasteiger partial charge on any atom is 0.243 e. The number of rotatable bonds is 2. The second-order valence-corrected chi connectivity index (χ2v) is 7.46. The smallest absolute Gasteiger partial charge is 0.207 e. The van der Waals surface area contributed by atoms with Crippen molar-refractivity contribution in [3.63, 3.8) is 0 Å². The molecule has 3 rings (SSSR count). The molecule has 1 aliphatic carbocycles. The van der Waals surface area contributed by atoms with Gasteiger partial charge >= 0.3 is 0 Å². The number of aryl methyl sites for hydroxylation is 1. The van der Waals surface area contributed by atoms with Crippen LogP contribution in [0.5, 0.6) is 0 Å². The minimum absolute atomic E-state index is 0.0984. The molecule has 3 nitrogen and oxygen atoms in total. The Morgan fingerprint density at radius 1 is 1.26 bits per heavy atom. The number of allylic oxidation sites excluding steroid dienone is 1. The van der Waals surface area contributed by atoms with Crippen molar-refractivity contribution >= 4 is 10.0 Å². The molecule has 19 heavy (non-hydrogen) atoms. The summed E-state index contributed by atoms with van der Waals surface area (Å²) in [5, 5.41) is 0. The average molecular weight is 277 g/mol. The van der Waals surface area contributed by atoms with E-state index in [4.69, 9.17) is 0 Å². The maximum atomic E-state index is 12.7. The lowest BCUT2D eigenvalue weighted by molar-refractivity contribution is 0.384. The Morgan fingerprint density at radius 3 is 2.53 bits per heavy atom. The highest BCUT2D eigenvalue weighted by Crippen LogP contribution is 2.43. The van der Waals surface area contributed by atoms with Crippen LogP contribution in [0.2, 0.25) is 0 Å². The number of hydrogen-bond donors (Lipinski definition) is 0.